The summed E-state index contributed by atoms with van der Waals surface area (Å²) in [6.07, 6.45) is 17.8. The molecule has 7 nitrogen and oxygen atoms in total. The van der Waals surface area contributed by atoms with Crippen LogP contribution in [0.15, 0.2) is 156 Å². The van der Waals surface area contributed by atoms with E-state index in [0.717, 1.165) is 101 Å². The second-order valence-electron chi connectivity index (χ2n) is 20.2. The molecular weight excluding hydrogens is 863 g/mol. The Hall–Kier alpha value is -6.91. The second kappa shape index (κ2) is 21.8. The van der Waals surface area contributed by atoms with Gasteiger partial charge in [-0.15, -0.1) is 0 Å². The maximum absolute atomic E-state index is 14.3. The quantitative estimate of drug-likeness (QED) is 0.0362. The van der Waals surface area contributed by atoms with Gasteiger partial charge in [0.05, 0.1) is 11.0 Å². The molecule has 2 heterocycles. The largest absolute Gasteiger partial charge is 0.871 e. The van der Waals surface area contributed by atoms with Crippen LogP contribution in [0.5, 0.6) is 0 Å². The predicted octanol–water partition coefficient (Wildman–Crippen LogP) is 14.2. The van der Waals surface area contributed by atoms with Gasteiger partial charge in [0, 0.05) is 86.8 Å². The van der Waals surface area contributed by atoms with E-state index in [1.807, 2.05) is 24.3 Å². The van der Waals surface area contributed by atoms with E-state index < -0.39 is 16.8 Å². The highest BCUT2D eigenvalue weighted by atomic mass is 16.4. The molecule has 0 radical (unpaired) electrons. The highest BCUT2D eigenvalue weighted by Gasteiger charge is 2.46. The SMILES string of the molecule is CCCCCCCCCCCC[N+]1=C(/C=C2\C(=O)C(/C=C3/N(CCCC)c4ccc(C#Cc5ccc(N(c6ccccc6)c6ccccc6)cc5)cc4C3(C)C)=C2[O-])C(C)(C)c2cc(C(=O)O)ccc21. The highest BCUT2D eigenvalue weighted by Crippen LogP contribution is 2.50. The number of aromatic carboxylic acids is 1. The van der Waals surface area contributed by atoms with E-state index in [4.69, 9.17) is 0 Å². The third-order valence-electron chi connectivity index (χ3n) is 14.5. The van der Waals surface area contributed by atoms with Crippen molar-refractivity contribution in [1.82, 2.24) is 0 Å². The lowest BCUT2D eigenvalue weighted by atomic mass is 9.77. The lowest BCUT2D eigenvalue weighted by Gasteiger charge is -2.33. The van der Waals surface area contributed by atoms with Crippen LogP contribution in [0, 0.1) is 11.8 Å². The minimum absolute atomic E-state index is 0.182. The number of rotatable bonds is 20. The maximum atomic E-state index is 14.3. The molecule has 7 heteroatoms. The van der Waals surface area contributed by atoms with E-state index >= 15 is 0 Å². The Bertz CT molecular complexity index is 2870. The minimum Gasteiger partial charge on any atom is -0.871 e. The molecule has 3 aliphatic rings. The van der Waals surface area contributed by atoms with Gasteiger partial charge in [-0.3, -0.25) is 4.79 Å². The third kappa shape index (κ3) is 10.3. The number of carboxylic acid groups (broad SMARTS) is 1. The first-order valence-electron chi connectivity index (χ1n) is 25.7. The van der Waals surface area contributed by atoms with Gasteiger partial charge in [0.1, 0.15) is 6.54 Å². The van der Waals surface area contributed by atoms with Gasteiger partial charge >= 0.3 is 5.97 Å². The average molecular weight is 932 g/mol. The molecule has 8 rings (SSSR count). The molecule has 0 saturated carbocycles. The molecule has 1 N–H and O–H groups in total. The summed E-state index contributed by atoms with van der Waals surface area (Å²) in [5.41, 5.74) is 10.3. The first kappa shape index (κ1) is 49.5. The third-order valence-corrected chi connectivity index (χ3v) is 14.5. The van der Waals surface area contributed by atoms with Crippen molar-refractivity contribution in [3.63, 3.8) is 0 Å². The summed E-state index contributed by atoms with van der Waals surface area (Å²) in [7, 11) is 0. The zero-order valence-electron chi connectivity index (χ0n) is 42.1. The Morgan fingerprint density at radius 2 is 1.23 bits per heavy atom. The van der Waals surface area contributed by atoms with Crippen LogP contribution in [0.1, 0.15) is 151 Å². The van der Waals surface area contributed by atoms with Crippen LogP contribution in [-0.4, -0.2) is 40.2 Å². The number of carbonyl (C=O) groups is 2. The summed E-state index contributed by atoms with van der Waals surface area (Å²) in [5.74, 6) is 5.35. The number of fused-ring (bicyclic) bond motifs is 2. The Labute approximate surface area is 416 Å². The van der Waals surface area contributed by atoms with Gasteiger partial charge in [-0.05, 0) is 117 Å². The first-order chi connectivity index (χ1) is 33.8. The van der Waals surface area contributed by atoms with Crippen LogP contribution in [0.4, 0.5) is 28.4 Å². The number of unbranched alkanes of at least 4 members (excludes halogenated alkanes) is 10. The fraction of sp³-hybridized carbons (Fsp3) is 0.349. The van der Waals surface area contributed by atoms with Crippen molar-refractivity contribution in [2.75, 3.05) is 22.9 Å². The molecule has 360 valence electrons. The van der Waals surface area contributed by atoms with Crippen molar-refractivity contribution in [3.05, 3.63) is 184 Å². The molecule has 70 heavy (non-hydrogen) atoms. The van der Waals surface area contributed by atoms with Crippen LogP contribution in [-0.2, 0) is 15.6 Å². The number of ketones is 1. The van der Waals surface area contributed by atoms with Crippen molar-refractivity contribution >= 4 is 45.9 Å². The number of Topliss-reactive ketones (excluding diaryl/α,β-unsaturated/α-hetero) is 1. The molecule has 0 aromatic heterocycles. The van der Waals surface area contributed by atoms with Gasteiger partial charge in [-0.1, -0.05) is 139 Å². The van der Waals surface area contributed by atoms with E-state index in [9.17, 15) is 19.8 Å². The van der Waals surface area contributed by atoms with Crippen molar-refractivity contribution in [3.8, 4) is 11.8 Å². The molecule has 0 spiro atoms. The zero-order chi connectivity index (χ0) is 49.4. The number of para-hydroxylation sites is 2. The molecule has 0 atom stereocenters. The lowest BCUT2D eigenvalue weighted by Crippen LogP contribution is -2.35. The number of hydrogen-bond acceptors (Lipinski definition) is 5. The molecule has 5 aromatic carbocycles. The summed E-state index contributed by atoms with van der Waals surface area (Å²) in [5, 5.41) is 24.2. The topological polar surface area (TPSA) is 86.9 Å². The summed E-state index contributed by atoms with van der Waals surface area (Å²) < 4.78 is 2.22. The van der Waals surface area contributed by atoms with Gasteiger partial charge in [-0.25, -0.2) is 4.79 Å². The highest BCUT2D eigenvalue weighted by molar-refractivity contribution is 6.24. The van der Waals surface area contributed by atoms with Gasteiger partial charge in [0.15, 0.2) is 11.5 Å². The van der Waals surface area contributed by atoms with E-state index in [2.05, 4.69) is 159 Å². The summed E-state index contributed by atoms with van der Waals surface area (Å²) in [6, 6.07) is 40.7. The number of hydrogen-bond donors (Lipinski definition) is 1. The second-order valence-corrected chi connectivity index (χ2v) is 20.2. The number of carbonyl (C=O) groups excluding carboxylic acids is 1. The van der Waals surface area contributed by atoms with Crippen LogP contribution in [0.2, 0.25) is 0 Å². The number of anilines is 4. The van der Waals surface area contributed by atoms with E-state index in [0.29, 0.717) is 0 Å². The van der Waals surface area contributed by atoms with Crippen LogP contribution in [0.25, 0.3) is 0 Å². The number of benzene rings is 5. The van der Waals surface area contributed by atoms with Crippen molar-refractivity contribution in [2.24, 2.45) is 0 Å². The van der Waals surface area contributed by atoms with Crippen LogP contribution in [0.3, 0.4) is 0 Å². The normalized spacial score (nSPS) is 16.6. The summed E-state index contributed by atoms with van der Waals surface area (Å²) in [6.45, 7) is 14.4. The van der Waals surface area contributed by atoms with Gasteiger partial charge < -0.3 is 20.0 Å². The van der Waals surface area contributed by atoms with Gasteiger partial charge in [0.25, 0.3) is 0 Å². The first-order valence-corrected chi connectivity index (χ1v) is 25.7. The van der Waals surface area contributed by atoms with Crippen LogP contribution < -0.4 is 14.9 Å². The Kier molecular flexibility index (Phi) is 15.4. The van der Waals surface area contributed by atoms with Gasteiger partial charge in [0.2, 0.25) is 5.69 Å². The zero-order valence-corrected chi connectivity index (χ0v) is 42.1. The number of allylic oxidation sites excluding steroid dienone is 5. The minimum atomic E-state index is -0.978. The Morgan fingerprint density at radius 3 is 1.83 bits per heavy atom. The molecule has 0 fully saturated rings. The molecule has 1 aliphatic carbocycles. The van der Waals surface area contributed by atoms with E-state index in [-0.39, 0.29) is 28.3 Å². The van der Waals surface area contributed by atoms with E-state index in [1.165, 1.54) is 51.4 Å². The monoisotopic (exact) mass is 932 g/mol. The fourth-order valence-electron chi connectivity index (χ4n) is 10.4. The predicted molar refractivity (Wildman–Crippen MR) is 285 cm³/mol. The molecule has 0 bridgehead atoms. The standard InChI is InChI=1S/C63H69N3O4/c1-7-9-11-12-13-14-15-16-17-24-40-65-56-38-34-47(61(69)70)42-54(56)63(5,6)58(65)44-52-59(67)51(60(52)68)43-57-62(3,4)53-41-46(33-37-55(53)64(57)39-10-8-2)30-29-45-31-35-50(36-32-45)66(48-25-20-18-21-26-48)49-27-22-19-23-28-49/h18-23,25-28,31-38,41-44H,7-17,24,39-40H2,1-6H3,(H-,67,68,69,70). The fourth-order valence-corrected chi connectivity index (χ4v) is 10.4. The smallest absolute Gasteiger partial charge is 0.335 e. The van der Waals surface area contributed by atoms with E-state index in [1.54, 1.807) is 18.2 Å². The van der Waals surface area contributed by atoms with Gasteiger partial charge in [-0.2, -0.15) is 4.58 Å². The molecule has 0 amide bonds. The van der Waals surface area contributed by atoms with Crippen molar-refractivity contribution in [2.45, 2.75) is 129 Å². The molecule has 5 aromatic rings. The molecule has 2 aliphatic heterocycles. The maximum Gasteiger partial charge on any atom is 0.335 e. The van der Waals surface area contributed by atoms with Crippen molar-refractivity contribution in [1.29, 1.82) is 0 Å². The lowest BCUT2D eigenvalue weighted by molar-refractivity contribution is -0.438. The molecule has 0 unspecified atom stereocenters. The molecular formula is C63H69N3O4. The number of carboxylic acids is 1. The Morgan fingerprint density at radius 1 is 0.657 bits per heavy atom. The van der Waals surface area contributed by atoms with Crippen LogP contribution >= 0.6 is 0 Å². The summed E-state index contributed by atoms with van der Waals surface area (Å²) in [4.78, 5) is 30.9. The summed E-state index contributed by atoms with van der Waals surface area (Å²) >= 11 is 0. The van der Waals surface area contributed by atoms with Crippen molar-refractivity contribution < 1.29 is 24.4 Å². The molecule has 0 saturated heterocycles. The average Bonchev–Trinajstić information content (AvgIpc) is 3.71. The Balaban J connectivity index is 1.04. The number of nitrogens with zero attached hydrogens (tertiary/aromatic N) is 3.